The van der Waals surface area contributed by atoms with E-state index in [9.17, 15) is 18.3 Å². The number of aliphatic hydroxyl groups is 1. The zero-order valence-electron chi connectivity index (χ0n) is 29.6. The summed E-state index contributed by atoms with van der Waals surface area (Å²) in [6, 6.07) is 11.5. The highest BCUT2D eigenvalue weighted by molar-refractivity contribution is 7.90. The van der Waals surface area contributed by atoms with E-state index in [0.29, 0.717) is 49.8 Å². The van der Waals surface area contributed by atoms with Gasteiger partial charge in [-0.2, -0.15) is 0 Å². The van der Waals surface area contributed by atoms with Gasteiger partial charge in [0, 0.05) is 29.1 Å². The molecule has 2 aromatic rings. The fraction of sp³-hybridized carbons (Fsp3) is 0.667. The second-order valence-corrected chi connectivity index (χ2v) is 18.3. The number of hydrogen-bond acceptors (Lipinski definition) is 7. The molecule has 6 rings (SSSR count). The molecule has 7 atom stereocenters. The monoisotopic (exact) mass is 713 g/mol. The summed E-state index contributed by atoms with van der Waals surface area (Å²) in [5, 5.41) is 12.7. The minimum Gasteiger partial charge on any atom is -0.490 e. The molecule has 4 N–H and O–H groups in total. The van der Waals surface area contributed by atoms with Gasteiger partial charge in [0.1, 0.15) is 5.75 Å². The lowest BCUT2D eigenvalue weighted by atomic mass is 9.60. The van der Waals surface area contributed by atoms with Crippen molar-refractivity contribution < 1.29 is 23.1 Å². The number of sulfonamides is 1. The molecule has 0 radical (unpaired) electrons. The van der Waals surface area contributed by atoms with Gasteiger partial charge in [-0.15, -0.1) is 0 Å². The maximum absolute atomic E-state index is 13.6. The first-order chi connectivity index (χ1) is 23.4. The van der Waals surface area contributed by atoms with Crippen molar-refractivity contribution in [3.05, 3.63) is 58.1 Å². The minimum atomic E-state index is -3.94. The Morgan fingerprint density at radius 2 is 1.94 bits per heavy atom. The molecule has 1 amide bonds. The van der Waals surface area contributed by atoms with Crippen LogP contribution in [0.25, 0.3) is 0 Å². The van der Waals surface area contributed by atoms with Crippen LogP contribution in [0.3, 0.4) is 0 Å². The highest BCUT2D eigenvalue weighted by Gasteiger charge is 2.49. The van der Waals surface area contributed by atoms with Crippen LogP contribution >= 0.6 is 11.6 Å². The molecular formula is C39H56ClN3O5S. The number of nitrogens with one attached hydrogen (secondary N) is 1. The highest BCUT2D eigenvalue weighted by Crippen LogP contribution is 2.50. The first kappa shape index (κ1) is 36.5. The van der Waals surface area contributed by atoms with Crippen molar-refractivity contribution in [1.82, 2.24) is 4.72 Å². The number of ether oxygens (including phenoxy) is 1. The quantitative estimate of drug-likeness (QED) is 0.295. The molecule has 2 aromatic carbocycles. The van der Waals surface area contributed by atoms with Crippen LogP contribution in [0, 0.1) is 23.7 Å². The van der Waals surface area contributed by atoms with Gasteiger partial charge in [-0.3, -0.25) is 4.79 Å². The third kappa shape index (κ3) is 7.51. The van der Waals surface area contributed by atoms with Crippen molar-refractivity contribution in [2.45, 2.75) is 114 Å². The molecule has 4 aliphatic rings. The molecule has 0 aromatic heterocycles. The average Bonchev–Trinajstić information content (AvgIpc) is 3.20. The molecule has 10 heteroatoms. The summed E-state index contributed by atoms with van der Waals surface area (Å²) in [6.07, 6.45) is 10.7. The summed E-state index contributed by atoms with van der Waals surface area (Å²) in [4.78, 5) is 15.9. The molecule has 0 saturated heterocycles. The van der Waals surface area contributed by atoms with Crippen LogP contribution in [0.2, 0.25) is 5.02 Å². The number of anilines is 1. The molecule has 1 saturated carbocycles. The van der Waals surface area contributed by atoms with Gasteiger partial charge in [0.15, 0.2) is 0 Å². The number of nitrogens with two attached hydrogens (primary N) is 1. The third-order valence-electron chi connectivity index (χ3n) is 12.7. The molecule has 1 spiro atoms. The Balaban J connectivity index is 1.42. The molecule has 1 fully saturated rings. The lowest BCUT2D eigenvalue weighted by Crippen LogP contribution is -2.53. The van der Waals surface area contributed by atoms with Crippen molar-refractivity contribution in [1.29, 1.82) is 0 Å². The Morgan fingerprint density at radius 1 is 1.12 bits per heavy atom. The summed E-state index contributed by atoms with van der Waals surface area (Å²) in [5.41, 5.74) is 8.41. The number of carbonyl (C=O) groups is 1. The number of nitrogens with zero attached hydrogens (tertiary/aromatic N) is 1. The van der Waals surface area contributed by atoms with E-state index in [1.165, 1.54) is 11.1 Å². The van der Waals surface area contributed by atoms with E-state index in [1.807, 2.05) is 25.1 Å². The molecule has 0 unspecified atom stereocenters. The second kappa shape index (κ2) is 14.7. The van der Waals surface area contributed by atoms with Crippen molar-refractivity contribution >= 4 is 33.2 Å². The van der Waals surface area contributed by atoms with Crippen LogP contribution in [0.15, 0.2) is 36.4 Å². The van der Waals surface area contributed by atoms with Gasteiger partial charge < -0.3 is 20.5 Å². The van der Waals surface area contributed by atoms with Crippen molar-refractivity contribution in [2.75, 3.05) is 31.1 Å². The number of carbonyl (C=O) groups excluding carboxylic acids is 1. The zero-order valence-corrected chi connectivity index (χ0v) is 31.1. The smallest absolute Gasteiger partial charge is 0.264 e. The van der Waals surface area contributed by atoms with Gasteiger partial charge >= 0.3 is 0 Å². The van der Waals surface area contributed by atoms with Crippen LogP contribution in [0.1, 0.15) is 113 Å². The maximum atomic E-state index is 13.6. The van der Waals surface area contributed by atoms with Crippen LogP contribution < -0.4 is 20.1 Å². The number of fused-ring (bicyclic) bond motifs is 4. The summed E-state index contributed by atoms with van der Waals surface area (Å²) in [5.74, 6) is 0.686. The maximum Gasteiger partial charge on any atom is 0.264 e. The highest BCUT2D eigenvalue weighted by atomic mass is 35.5. The molecule has 2 bridgehead atoms. The van der Waals surface area contributed by atoms with Crippen molar-refractivity contribution in [3.8, 4) is 5.75 Å². The van der Waals surface area contributed by atoms with Gasteiger partial charge in [0.25, 0.3) is 5.91 Å². The van der Waals surface area contributed by atoms with E-state index in [-0.39, 0.29) is 23.2 Å². The number of halogens is 1. The van der Waals surface area contributed by atoms with E-state index in [2.05, 4.69) is 28.7 Å². The van der Waals surface area contributed by atoms with E-state index in [4.69, 9.17) is 22.1 Å². The van der Waals surface area contributed by atoms with E-state index < -0.39 is 26.8 Å². The normalized spacial score (nSPS) is 32.1. The van der Waals surface area contributed by atoms with Crippen molar-refractivity contribution in [2.24, 2.45) is 29.4 Å². The standard InChI is InChI=1S/C39H56ClN3O5S/c1-4-28(9-7-19-41)22-39(45)18-5-8-26(2)27(3)49(46,47)42-37(44)30-12-16-36-35(21-30)43(23-31-11-14-34(31)39)24-38(25-48-36)17-6-10-29-20-32(40)13-15-33(29)38/h12-13,15-16,20-21,26-28,31,34,45H,4-11,14,17-19,22-25,41H2,1-3H3,(H,42,44)/t26-,27+,28+,31-,34+,38-,39+/m0/s1. The fourth-order valence-corrected chi connectivity index (χ4v) is 10.9. The van der Waals surface area contributed by atoms with Crippen LogP contribution in [-0.4, -0.2) is 56.5 Å². The summed E-state index contributed by atoms with van der Waals surface area (Å²) >= 11 is 6.46. The van der Waals surface area contributed by atoms with Crippen LogP contribution in [0.5, 0.6) is 5.75 Å². The first-order valence-electron chi connectivity index (χ1n) is 18.7. The number of hydrogen-bond donors (Lipinski definition) is 3. The molecule has 2 aliphatic heterocycles. The van der Waals surface area contributed by atoms with E-state index >= 15 is 0 Å². The van der Waals surface area contributed by atoms with Gasteiger partial charge in [-0.1, -0.05) is 44.4 Å². The minimum absolute atomic E-state index is 0.135. The zero-order chi connectivity index (χ0) is 35.0. The van der Waals surface area contributed by atoms with Gasteiger partial charge in [-0.05, 0) is 143 Å². The lowest BCUT2D eigenvalue weighted by molar-refractivity contribution is -0.104. The predicted octanol–water partition coefficient (Wildman–Crippen LogP) is 6.99. The molecule has 8 nitrogen and oxygen atoms in total. The largest absolute Gasteiger partial charge is 0.490 e. The Labute approximate surface area is 298 Å². The summed E-state index contributed by atoms with van der Waals surface area (Å²) < 4.78 is 36.0. The Kier molecular flexibility index (Phi) is 11.0. The van der Waals surface area contributed by atoms with Crippen LogP contribution in [-0.2, 0) is 21.9 Å². The van der Waals surface area contributed by atoms with Crippen LogP contribution in [0.4, 0.5) is 5.69 Å². The van der Waals surface area contributed by atoms with E-state index in [0.717, 1.165) is 81.5 Å². The number of rotatable bonds is 6. The molecule has 270 valence electrons. The number of aryl methyl sites for hydroxylation is 1. The van der Waals surface area contributed by atoms with Crippen molar-refractivity contribution in [3.63, 3.8) is 0 Å². The van der Waals surface area contributed by atoms with Gasteiger partial charge in [-0.25, -0.2) is 13.1 Å². The Bertz CT molecular complexity index is 1620. The molecule has 49 heavy (non-hydrogen) atoms. The second-order valence-electron chi connectivity index (χ2n) is 15.8. The first-order valence-corrected chi connectivity index (χ1v) is 20.6. The summed E-state index contributed by atoms with van der Waals surface area (Å²) in [7, 11) is -3.94. The Hall–Kier alpha value is -2.33. The number of amides is 1. The molecule has 2 heterocycles. The fourth-order valence-electron chi connectivity index (χ4n) is 9.38. The number of benzene rings is 2. The Morgan fingerprint density at radius 3 is 2.67 bits per heavy atom. The average molecular weight is 714 g/mol. The van der Waals surface area contributed by atoms with E-state index in [1.54, 1.807) is 13.0 Å². The van der Waals surface area contributed by atoms with Gasteiger partial charge in [0.05, 0.1) is 23.1 Å². The third-order valence-corrected chi connectivity index (χ3v) is 14.8. The lowest BCUT2D eigenvalue weighted by Gasteiger charge is -2.51. The molecular weight excluding hydrogens is 658 g/mol. The SMILES string of the molecule is CC[C@H](CCCN)C[C@]1(O)CCC[C@H](C)[C@@H](C)S(=O)(=O)NC(=O)c2ccc3c(c2)N(C[C@@H]2CC[C@H]21)C[C@@]1(CCCc2cc(Cl)ccc21)CO3. The summed E-state index contributed by atoms with van der Waals surface area (Å²) in [6.45, 7) is 8.39. The predicted molar refractivity (Wildman–Crippen MR) is 197 cm³/mol. The molecule has 2 aliphatic carbocycles. The topological polar surface area (TPSA) is 122 Å². The van der Waals surface area contributed by atoms with Gasteiger partial charge in [0.2, 0.25) is 10.0 Å².